The molecule has 0 saturated heterocycles. The minimum atomic E-state index is -0.231. The summed E-state index contributed by atoms with van der Waals surface area (Å²) >= 11 is 0. The molecule has 0 aliphatic rings. The van der Waals surface area contributed by atoms with E-state index in [0.29, 0.717) is 5.69 Å². The molecule has 7 nitrogen and oxygen atoms in total. The van der Waals surface area contributed by atoms with E-state index >= 15 is 0 Å². The first kappa shape index (κ1) is 15.1. The molecule has 0 unspecified atom stereocenters. The second-order valence-corrected chi connectivity index (χ2v) is 4.84. The lowest BCUT2D eigenvalue weighted by Gasteiger charge is -2.01. The Morgan fingerprint density at radius 2 is 1.92 bits per heavy atom. The highest BCUT2D eigenvalue weighted by molar-refractivity contribution is 6.10. The second kappa shape index (κ2) is 6.51. The summed E-state index contributed by atoms with van der Waals surface area (Å²) in [7, 11) is 1.62. The highest BCUT2D eigenvalue weighted by Gasteiger charge is 2.06. The number of anilines is 1. The van der Waals surface area contributed by atoms with E-state index in [1.165, 1.54) is 0 Å². The molecule has 1 aromatic heterocycles. The molecule has 3 aromatic rings. The van der Waals surface area contributed by atoms with Crippen molar-refractivity contribution in [1.82, 2.24) is 9.97 Å². The Hall–Kier alpha value is -3.84. The molecular formula is C17H12N6O. The second-order valence-electron chi connectivity index (χ2n) is 4.84. The predicted octanol–water partition coefficient (Wildman–Crippen LogP) is 3.05. The van der Waals surface area contributed by atoms with Crippen molar-refractivity contribution in [2.45, 2.75) is 0 Å². The van der Waals surface area contributed by atoms with Crippen LogP contribution < -0.4 is 10.2 Å². The van der Waals surface area contributed by atoms with Crippen molar-refractivity contribution in [3.05, 3.63) is 42.5 Å². The van der Waals surface area contributed by atoms with Crippen LogP contribution in [0.5, 0.6) is 5.75 Å². The zero-order valence-corrected chi connectivity index (χ0v) is 12.7. The van der Waals surface area contributed by atoms with Crippen molar-refractivity contribution in [3.63, 3.8) is 0 Å². The van der Waals surface area contributed by atoms with Gasteiger partial charge in [0.25, 0.3) is 0 Å². The van der Waals surface area contributed by atoms with Gasteiger partial charge >= 0.3 is 0 Å². The van der Waals surface area contributed by atoms with Gasteiger partial charge in [-0.25, -0.2) is 4.98 Å². The van der Waals surface area contributed by atoms with E-state index in [1.54, 1.807) is 31.4 Å². The number of ether oxygens (including phenoxy) is 1. The van der Waals surface area contributed by atoms with Crippen molar-refractivity contribution in [2.24, 2.45) is 5.10 Å². The lowest BCUT2D eigenvalue weighted by Crippen LogP contribution is -1.96. The van der Waals surface area contributed by atoms with E-state index in [9.17, 15) is 0 Å². The zero-order chi connectivity index (χ0) is 16.9. The fourth-order valence-electron chi connectivity index (χ4n) is 2.15. The minimum absolute atomic E-state index is 0.231. The van der Waals surface area contributed by atoms with Gasteiger partial charge in [0.05, 0.1) is 23.8 Å². The number of methoxy groups -OCH3 is 1. The molecule has 0 radical (unpaired) electrons. The number of hydrogen-bond donors (Lipinski definition) is 2. The van der Waals surface area contributed by atoms with Crippen LogP contribution in [0.4, 0.5) is 5.69 Å². The fourth-order valence-corrected chi connectivity index (χ4v) is 2.15. The quantitative estimate of drug-likeness (QED) is 0.568. The molecule has 0 fully saturated rings. The molecule has 24 heavy (non-hydrogen) atoms. The van der Waals surface area contributed by atoms with Gasteiger partial charge in [-0.05, 0) is 36.4 Å². The number of fused-ring (bicyclic) bond motifs is 1. The third-order valence-electron chi connectivity index (χ3n) is 3.36. The van der Waals surface area contributed by atoms with Crippen LogP contribution in [0.1, 0.15) is 0 Å². The number of hydrogen-bond acceptors (Lipinski definition) is 6. The smallest absolute Gasteiger partial charge is 0.237 e. The van der Waals surface area contributed by atoms with Crippen molar-refractivity contribution >= 4 is 22.4 Å². The molecule has 0 bridgehead atoms. The third kappa shape index (κ3) is 3.01. The van der Waals surface area contributed by atoms with E-state index in [-0.39, 0.29) is 5.71 Å². The first-order chi connectivity index (χ1) is 11.7. The number of aromatic amines is 1. The molecular weight excluding hydrogens is 304 g/mol. The Kier molecular flexibility index (Phi) is 4.09. The summed E-state index contributed by atoms with van der Waals surface area (Å²) in [6.07, 6.45) is 0. The molecule has 116 valence electrons. The first-order valence-corrected chi connectivity index (χ1v) is 7.01. The number of rotatable bonds is 4. The van der Waals surface area contributed by atoms with Gasteiger partial charge < -0.3 is 9.72 Å². The molecule has 0 saturated carbocycles. The average Bonchev–Trinajstić information content (AvgIpc) is 3.06. The number of nitrogens with zero attached hydrogens (tertiary/aromatic N) is 4. The number of hydrazone groups is 1. The average molecular weight is 316 g/mol. The number of H-pyrrole nitrogens is 1. The molecule has 2 N–H and O–H groups in total. The molecule has 0 aliphatic heterocycles. The molecule has 1 heterocycles. The Labute approximate surface area is 137 Å². The van der Waals surface area contributed by atoms with Gasteiger partial charge in [0.15, 0.2) is 0 Å². The number of aromatic nitrogens is 2. The topological polar surface area (TPSA) is 110 Å². The highest BCUT2D eigenvalue weighted by atomic mass is 16.5. The molecule has 3 rings (SSSR count). The SMILES string of the molecule is COc1ccc2nc(-c3ccc(NN=C(C#N)C#N)cc3)[nH]c2c1. The largest absolute Gasteiger partial charge is 0.497 e. The number of benzene rings is 2. The van der Waals surface area contributed by atoms with Gasteiger partial charge in [0.1, 0.15) is 23.7 Å². The van der Waals surface area contributed by atoms with Crippen LogP contribution in [0.3, 0.4) is 0 Å². The Bertz CT molecular complexity index is 973. The predicted molar refractivity (Wildman–Crippen MR) is 90.4 cm³/mol. The zero-order valence-electron chi connectivity index (χ0n) is 12.7. The van der Waals surface area contributed by atoms with Crippen molar-refractivity contribution in [1.29, 1.82) is 10.5 Å². The van der Waals surface area contributed by atoms with Crippen molar-refractivity contribution in [3.8, 4) is 29.3 Å². The first-order valence-electron chi connectivity index (χ1n) is 7.01. The number of nitriles is 2. The summed E-state index contributed by atoms with van der Waals surface area (Å²) in [5, 5.41) is 21.0. The molecule has 0 atom stereocenters. The van der Waals surface area contributed by atoms with Crippen LogP contribution in [0.25, 0.3) is 22.4 Å². The molecule has 0 amide bonds. The van der Waals surface area contributed by atoms with Crippen LogP contribution in [-0.2, 0) is 0 Å². The van der Waals surface area contributed by atoms with Gasteiger partial charge in [0, 0.05) is 11.6 Å². The fraction of sp³-hybridized carbons (Fsp3) is 0.0588. The molecule has 7 heteroatoms. The van der Waals surface area contributed by atoms with Crippen LogP contribution >= 0.6 is 0 Å². The maximum atomic E-state index is 8.64. The van der Waals surface area contributed by atoms with Crippen molar-refractivity contribution < 1.29 is 4.74 Å². The van der Waals surface area contributed by atoms with E-state index in [4.69, 9.17) is 15.3 Å². The summed E-state index contributed by atoms with van der Waals surface area (Å²) in [6.45, 7) is 0. The maximum Gasteiger partial charge on any atom is 0.237 e. The van der Waals surface area contributed by atoms with Gasteiger partial charge in [-0.15, -0.1) is 0 Å². The van der Waals surface area contributed by atoms with E-state index in [2.05, 4.69) is 20.5 Å². The lowest BCUT2D eigenvalue weighted by atomic mass is 10.2. The summed E-state index contributed by atoms with van der Waals surface area (Å²) < 4.78 is 5.20. The van der Waals surface area contributed by atoms with Gasteiger partial charge in [0.2, 0.25) is 5.71 Å². The minimum Gasteiger partial charge on any atom is -0.497 e. The normalized spacial score (nSPS) is 9.79. The third-order valence-corrected chi connectivity index (χ3v) is 3.36. The number of imidazole rings is 1. The Balaban J connectivity index is 1.84. The van der Waals surface area contributed by atoms with Gasteiger partial charge in [-0.2, -0.15) is 15.6 Å². The summed E-state index contributed by atoms with van der Waals surface area (Å²) in [5.41, 5.74) is 5.75. The van der Waals surface area contributed by atoms with Crippen LogP contribution in [0.2, 0.25) is 0 Å². The summed E-state index contributed by atoms with van der Waals surface area (Å²) in [6, 6.07) is 16.3. The monoisotopic (exact) mass is 316 g/mol. The molecule has 0 aliphatic carbocycles. The molecule has 0 spiro atoms. The number of nitrogens with one attached hydrogen (secondary N) is 2. The van der Waals surface area contributed by atoms with Gasteiger partial charge in [-0.1, -0.05) is 0 Å². The van der Waals surface area contributed by atoms with Crippen LogP contribution in [0, 0.1) is 22.7 Å². The summed E-state index contributed by atoms with van der Waals surface area (Å²) in [5.74, 6) is 1.50. The van der Waals surface area contributed by atoms with Crippen molar-refractivity contribution in [2.75, 3.05) is 12.5 Å². The molecule has 2 aromatic carbocycles. The standard InChI is InChI=1S/C17H12N6O/c1-24-14-6-7-15-16(8-14)21-17(20-15)11-2-4-12(5-3-11)22-23-13(9-18)10-19/h2-8,22H,1H3,(H,20,21). The maximum absolute atomic E-state index is 8.64. The van der Waals surface area contributed by atoms with E-state index in [1.807, 2.05) is 30.3 Å². The van der Waals surface area contributed by atoms with Gasteiger partial charge in [-0.3, -0.25) is 5.43 Å². The Morgan fingerprint density at radius 1 is 1.17 bits per heavy atom. The summed E-state index contributed by atoms with van der Waals surface area (Å²) in [4.78, 5) is 7.79. The van der Waals surface area contributed by atoms with Crippen LogP contribution in [0.15, 0.2) is 47.6 Å². The van der Waals surface area contributed by atoms with E-state index in [0.717, 1.165) is 28.2 Å². The Morgan fingerprint density at radius 3 is 2.58 bits per heavy atom. The lowest BCUT2D eigenvalue weighted by molar-refractivity contribution is 0.415. The highest BCUT2D eigenvalue weighted by Crippen LogP contribution is 2.24. The van der Waals surface area contributed by atoms with E-state index < -0.39 is 0 Å². The van der Waals surface area contributed by atoms with Crippen LogP contribution in [-0.4, -0.2) is 22.8 Å².